The molecule has 1 aromatic carbocycles. The van der Waals surface area contributed by atoms with Crippen molar-refractivity contribution in [1.82, 2.24) is 14.6 Å². The van der Waals surface area contributed by atoms with E-state index in [1.807, 2.05) is 30.3 Å². The summed E-state index contributed by atoms with van der Waals surface area (Å²) in [4.78, 5) is 25.1. The Morgan fingerprint density at radius 3 is 2.53 bits per heavy atom. The van der Waals surface area contributed by atoms with E-state index >= 15 is 0 Å². The van der Waals surface area contributed by atoms with Crippen molar-refractivity contribution < 1.29 is 0 Å². The van der Waals surface area contributed by atoms with Crippen molar-refractivity contribution in [3.8, 4) is 11.1 Å². The fourth-order valence-corrected chi connectivity index (χ4v) is 1.91. The van der Waals surface area contributed by atoms with Gasteiger partial charge in [0.05, 0.1) is 0 Å². The summed E-state index contributed by atoms with van der Waals surface area (Å²) < 4.78 is 1.43. The Balaban J connectivity index is 2.40. The highest BCUT2D eigenvalue weighted by molar-refractivity contribution is 5.79. The molecule has 0 aliphatic carbocycles. The molecule has 2 N–H and O–H groups in total. The first kappa shape index (κ1) is 9.65. The van der Waals surface area contributed by atoms with Crippen molar-refractivity contribution in [2.75, 3.05) is 0 Å². The van der Waals surface area contributed by atoms with Crippen LogP contribution in [0.15, 0.2) is 52.2 Å². The molecule has 0 saturated carbocycles. The first-order valence-corrected chi connectivity index (χ1v) is 5.15. The van der Waals surface area contributed by atoms with Crippen LogP contribution in [0.5, 0.6) is 0 Å². The second-order valence-corrected chi connectivity index (χ2v) is 3.71. The molecule has 0 amide bonds. The van der Waals surface area contributed by atoms with E-state index in [2.05, 4.69) is 10.1 Å². The topological polar surface area (TPSA) is 70.1 Å². The fraction of sp³-hybridized carbons (Fsp3) is 0. The normalized spacial score (nSPS) is 10.8. The zero-order valence-corrected chi connectivity index (χ0v) is 8.81. The maximum atomic E-state index is 11.8. The van der Waals surface area contributed by atoms with E-state index < -0.39 is 11.2 Å². The maximum absolute atomic E-state index is 11.8. The monoisotopic (exact) mass is 227 g/mol. The highest BCUT2D eigenvalue weighted by Gasteiger charge is 2.08. The van der Waals surface area contributed by atoms with Gasteiger partial charge in [0, 0.05) is 11.8 Å². The first-order chi connectivity index (χ1) is 8.25. The molecule has 5 heteroatoms. The molecule has 5 nitrogen and oxygen atoms in total. The summed E-state index contributed by atoms with van der Waals surface area (Å²) in [7, 11) is 0. The number of benzene rings is 1. The first-order valence-electron chi connectivity index (χ1n) is 5.15. The van der Waals surface area contributed by atoms with Gasteiger partial charge < -0.3 is 0 Å². The van der Waals surface area contributed by atoms with Crippen LogP contribution in [0.3, 0.4) is 0 Å². The van der Waals surface area contributed by atoms with Gasteiger partial charge in [0.25, 0.3) is 5.56 Å². The third-order valence-electron chi connectivity index (χ3n) is 2.64. The van der Waals surface area contributed by atoms with Crippen LogP contribution in [0.1, 0.15) is 0 Å². The van der Waals surface area contributed by atoms with E-state index in [0.29, 0.717) is 5.52 Å². The molecule has 0 aliphatic heterocycles. The van der Waals surface area contributed by atoms with Gasteiger partial charge in [-0.15, -0.1) is 0 Å². The summed E-state index contributed by atoms with van der Waals surface area (Å²) in [5.74, 6) is 0. The van der Waals surface area contributed by atoms with E-state index in [1.165, 1.54) is 4.52 Å². The minimum Gasteiger partial charge on any atom is -0.271 e. The second kappa shape index (κ2) is 3.48. The quantitative estimate of drug-likeness (QED) is 0.650. The predicted molar refractivity (Wildman–Crippen MR) is 64.1 cm³/mol. The highest BCUT2D eigenvalue weighted by Crippen LogP contribution is 2.21. The van der Waals surface area contributed by atoms with Gasteiger partial charge in [-0.25, -0.2) is 9.89 Å². The number of hydrogen-bond acceptors (Lipinski definition) is 2. The smallest absolute Gasteiger partial charge is 0.271 e. The van der Waals surface area contributed by atoms with Crippen LogP contribution in [0.25, 0.3) is 16.6 Å². The average Bonchev–Trinajstić information content (AvgIpc) is 2.74. The standard InChI is InChI=1S/C12H9N3O2/c16-11-10-9(8-4-2-1-3-5-8)6-7-15(10)14-12(17)13-11/h1-7H,(H2,13,14,16,17). The average molecular weight is 227 g/mol. The minimum atomic E-state index is -0.516. The molecule has 3 aromatic rings. The Hall–Kier alpha value is -2.56. The highest BCUT2D eigenvalue weighted by atomic mass is 16.2. The van der Waals surface area contributed by atoms with Gasteiger partial charge in [-0.3, -0.25) is 14.3 Å². The van der Waals surface area contributed by atoms with Gasteiger partial charge in [-0.2, -0.15) is 0 Å². The number of nitrogens with one attached hydrogen (secondary N) is 2. The molecule has 3 rings (SSSR count). The van der Waals surface area contributed by atoms with E-state index in [9.17, 15) is 9.59 Å². The molecule has 17 heavy (non-hydrogen) atoms. The fourth-order valence-electron chi connectivity index (χ4n) is 1.91. The second-order valence-electron chi connectivity index (χ2n) is 3.71. The van der Waals surface area contributed by atoms with Crippen molar-refractivity contribution in [3.63, 3.8) is 0 Å². The van der Waals surface area contributed by atoms with Gasteiger partial charge in [0.1, 0.15) is 5.52 Å². The van der Waals surface area contributed by atoms with Gasteiger partial charge in [-0.05, 0) is 11.6 Å². The molecule has 0 spiro atoms. The molecule has 0 fully saturated rings. The van der Waals surface area contributed by atoms with Crippen molar-refractivity contribution in [2.45, 2.75) is 0 Å². The van der Waals surface area contributed by atoms with E-state index in [4.69, 9.17) is 0 Å². The maximum Gasteiger partial charge on any atom is 0.340 e. The third-order valence-corrected chi connectivity index (χ3v) is 2.64. The number of aromatic nitrogens is 3. The zero-order chi connectivity index (χ0) is 11.8. The molecule has 2 aromatic heterocycles. The van der Waals surface area contributed by atoms with Crippen LogP contribution in [-0.4, -0.2) is 14.6 Å². The van der Waals surface area contributed by atoms with E-state index in [0.717, 1.165) is 11.1 Å². The van der Waals surface area contributed by atoms with Crippen LogP contribution in [0.2, 0.25) is 0 Å². The molecule has 0 atom stereocenters. The molecule has 0 unspecified atom stereocenters. The van der Waals surface area contributed by atoms with Crippen LogP contribution in [0, 0.1) is 0 Å². The summed E-state index contributed by atoms with van der Waals surface area (Å²) in [6, 6.07) is 11.3. The van der Waals surface area contributed by atoms with Crippen LogP contribution in [0.4, 0.5) is 0 Å². The molecule has 2 heterocycles. The van der Waals surface area contributed by atoms with Gasteiger partial charge in [-0.1, -0.05) is 30.3 Å². The van der Waals surface area contributed by atoms with E-state index in [1.54, 1.807) is 12.3 Å². The molecule has 84 valence electrons. The SMILES string of the molecule is O=c1[nH]c(=O)c2c(-c3ccccc3)ccn2[nH]1. The number of rotatable bonds is 1. The summed E-state index contributed by atoms with van der Waals surface area (Å²) in [5, 5.41) is 2.53. The number of fused-ring (bicyclic) bond motifs is 1. The summed E-state index contributed by atoms with van der Waals surface area (Å²) in [6.07, 6.45) is 1.66. The molecule has 0 radical (unpaired) electrons. The minimum absolute atomic E-state index is 0.391. The molecule has 0 bridgehead atoms. The largest absolute Gasteiger partial charge is 0.340 e. The molecule has 0 saturated heterocycles. The lowest BCUT2D eigenvalue weighted by Crippen LogP contribution is -2.25. The van der Waals surface area contributed by atoms with Crippen LogP contribution >= 0.6 is 0 Å². The Morgan fingerprint density at radius 2 is 1.76 bits per heavy atom. The van der Waals surface area contributed by atoms with Crippen molar-refractivity contribution in [1.29, 1.82) is 0 Å². The summed E-state index contributed by atoms with van der Waals surface area (Å²) >= 11 is 0. The summed E-state index contributed by atoms with van der Waals surface area (Å²) in [6.45, 7) is 0. The van der Waals surface area contributed by atoms with Gasteiger partial charge in [0.2, 0.25) is 0 Å². The van der Waals surface area contributed by atoms with Gasteiger partial charge in [0.15, 0.2) is 0 Å². The lowest BCUT2D eigenvalue weighted by atomic mass is 10.1. The van der Waals surface area contributed by atoms with Gasteiger partial charge >= 0.3 is 5.69 Å². The Labute approximate surface area is 95.3 Å². The summed E-state index contributed by atoms with van der Waals surface area (Å²) in [5.41, 5.74) is 1.27. The number of hydrogen-bond donors (Lipinski definition) is 2. The Bertz CT molecular complexity index is 781. The lowest BCUT2D eigenvalue weighted by Gasteiger charge is -1.98. The molecular weight excluding hydrogens is 218 g/mol. The lowest BCUT2D eigenvalue weighted by molar-refractivity contribution is 0.846. The molecular formula is C12H9N3O2. The Morgan fingerprint density at radius 1 is 1.00 bits per heavy atom. The third kappa shape index (κ3) is 1.48. The number of H-pyrrole nitrogens is 2. The van der Waals surface area contributed by atoms with Crippen LogP contribution < -0.4 is 11.2 Å². The Kier molecular flexibility index (Phi) is 1.98. The zero-order valence-electron chi connectivity index (χ0n) is 8.81. The van der Waals surface area contributed by atoms with E-state index in [-0.39, 0.29) is 0 Å². The number of nitrogens with zero attached hydrogens (tertiary/aromatic N) is 1. The van der Waals surface area contributed by atoms with Crippen molar-refractivity contribution in [3.05, 3.63) is 63.4 Å². The van der Waals surface area contributed by atoms with Crippen molar-refractivity contribution >= 4 is 5.52 Å². The van der Waals surface area contributed by atoms with Crippen molar-refractivity contribution in [2.24, 2.45) is 0 Å². The van der Waals surface area contributed by atoms with Crippen LogP contribution in [-0.2, 0) is 0 Å². The predicted octanol–water partition coefficient (Wildman–Crippen LogP) is 0.983. The number of aromatic amines is 2. The molecule has 0 aliphatic rings.